The normalized spacial score (nSPS) is 11.8. The first kappa shape index (κ1) is 18.3. The maximum absolute atomic E-state index is 12.4. The molecule has 128 valence electrons. The van der Waals surface area contributed by atoms with Gasteiger partial charge in [-0.15, -0.1) is 0 Å². The number of rotatable bonds is 4. The highest BCUT2D eigenvalue weighted by Gasteiger charge is 2.17. The molecule has 2 N–H and O–H groups in total. The van der Waals surface area contributed by atoms with Gasteiger partial charge in [0.05, 0.1) is 4.90 Å². The summed E-state index contributed by atoms with van der Waals surface area (Å²) >= 11 is 5.77. The number of sulfonamides is 1. The first-order valence-electron chi connectivity index (χ1n) is 7.28. The molecule has 24 heavy (non-hydrogen) atoms. The van der Waals surface area contributed by atoms with Crippen LogP contribution in [-0.4, -0.2) is 19.9 Å². The zero-order valence-electron chi connectivity index (χ0n) is 13.6. The summed E-state index contributed by atoms with van der Waals surface area (Å²) in [5, 5.41) is 3.29. The van der Waals surface area contributed by atoms with E-state index in [0.29, 0.717) is 16.3 Å². The first-order chi connectivity index (χ1) is 11.1. The van der Waals surface area contributed by atoms with E-state index in [0.717, 1.165) is 0 Å². The molecule has 0 aromatic heterocycles. The highest BCUT2D eigenvalue weighted by atomic mass is 35.5. The van der Waals surface area contributed by atoms with Crippen LogP contribution in [0.25, 0.3) is 0 Å². The van der Waals surface area contributed by atoms with Gasteiger partial charge in [0.2, 0.25) is 0 Å². The van der Waals surface area contributed by atoms with Crippen LogP contribution in [0.5, 0.6) is 0 Å². The van der Waals surface area contributed by atoms with Crippen molar-refractivity contribution in [3.63, 3.8) is 0 Å². The molecule has 0 aliphatic rings. The maximum atomic E-state index is 12.4. The van der Waals surface area contributed by atoms with E-state index >= 15 is 0 Å². The van der Waals surface area contributed by atoms with Crippen LogP contribution in [0.4, 0.5) is 5.69 Å². The number of carbonyl (C=O) groups excluding carboxylic acids is 1. The van der Waals surface area contributed by atoms with Gasteiger partial charge in [-0.3, -0.25) is 9.52 Å². The third-order valence-electron chi connectivity index (χ3n) is 2.99. The van der Waals surface area contributed by atoms with Gasteiger partial charge in [-0.1, -0.05) is 17.7 Å². The second-order valence-electron chi connectivity index (χ2n) is 6.34. The van der Waals surface area contributed by atoms with Crippen molar-refractivity contribution < 1.29 is 13.2 Å². The van der Waals surface area contributed by atoms with Gasteiger partial charge >= 0.3 is 0 Å². The molecule has 2 aromatic rings. The molecule has 0 saturated heterocycles. The Balaban J connectivity index is 2.23. The predicted octanol–water partition coefficient (Wildman–Crippen LogP) is 3.67. The SMILES string of the molecule is CC(C)(C)NC(=O)c1cccc(NS(=O)(=O)c2ccc(Cl)cc2)c1. The molecule has 5 nitrogen and oxygen atoms in total. The number of nitrogens with one attached hydrogen (secondary N) is 2. The van der Waals surface area contributed by atoms with Crippen LogP contribution in [0, 0.1) is 0 Å². The van der Waals surface area contributed by atoms with E-state index in [2.05, 4.69) is 10.0 Å². The molecule has 7 heteroatoms. The van der Waals surface area contributed by atoms with Crippen molar-refractivity contribution in [3.05, 3.63) is 59.1 Å². The quantitative estimate of drug-likeness (QED) is 0.866. The molecular formula is C17H19ClN2O3S. The molecule has 0 saturated carbocycles. The van der Waals surface area contributed by atoms with E-state index in [1.165, 1.54) is 30.3 Å². The Kier molecular flexibility index (Phi) is 5.20. The number of hydrogen-bond donors (Lipinski definition) is 2. The molecule has 0 aliphatic heterocycles. The standard InChI is InChI=1S/C17H19ClN2O3S/c1-17(2,3)19-16(21)12-5-4-6-14(11-12)20-24(22,23)15-9-7-13(18)8-10-15/h4-11,20H,1-3H3,(H,19,21). The summed E-state index contributed by atoms with van der Waals surface area (Å²) in [6, 6.07) is 12.2. The van der Waals surface area contributed by atoms with Gasteiger partial charge in [0.1, 0.15) is 0 Å². The average Bonchev–Trinajstić information content (AvgIpc) is 2.45. The lowest BCUT2D eigenvalue weighted by Gasteiger charge is -2.20. The molecule has 0 heterocycles. The fourth-order valence-corrected chi connectivity index (χ4v) is 3.14. The van der Waals surface area contributed by atoms with Crippen molar-refractivity contribution in [2.75, 3.05) is 4.72 Å². The second kappa shape index (κ2) is 6.83. The Morgan fingerprint density at radius 3 is 2.25 bits per heavy atom. The predicted molar refractivity (Wildman–Crippen MR) is 95.9 cm³/mol. The van der Waals surface area contributed by atoms with E-state index in [-0.39, 0.29) is 16.3 Å². The van der Waals surface area contributed by atoms with Gasteiger partial charge in [-0.05, 0) is 63.2 Å². The first-order valence-corrected chi connectivity index (χ1v) is 9.14. The fraction of sp³-hybridized carbons (Fsp3) is 0.235. The van der Waals surface area contributed by atoms with Crippen molar-refractivity contribution >= 4 is 33.2 Å². The van der Waals surface area contributed by atoms with E-state index in [1.54, 1.807) is 18.2 Å². The second-order valence-corrected chi connectivity index (χ2v) is 8.46. The van der Waals surface area contributed by atoms with Gasteiger partial charge in [-0.2, -0.15) is 0 Å². The van der Waals surface area contributed by atoms with E-state index in [1.807, 2.05) is 20.8 Å². The molecular weight excluding hydrogens is 348 g/mol. The summed E-state index contributed by atoms with van der Waals surface area (Å²) in [5.41, 5.74) is 0.309. The lowest BCUT2D eigenvalue weighted by molar-refractivity contribution is 0.0919. The van der Waals surface area contributed by atoms with E-state index in [4.69, 9.17) is 11.6 Å². The van der Waals surface area contributed by atoms with Crippen LogP contribution in [-0.2, 0) is 10.0 Å². The Labute approximate surface area is 147 Å². The zero-order chi connectivity index (χ0) is 18.0. The van der Waals surface area contributed by atoms with Crippen molar-refractivity contribution in [1.29, 1.82) is 0 Å². The summed E-state index contributed by atoms with van der Waals surface area (Å²) in [6.45, 7) is 5.62. The number of amides is 1. The van der Waals surface area contributed by atoms with Gasteiger partial charge in [0.25, 0.3) is 15.9 Å². The highest BCUT2D eigenvalue weighted by molar-refractivity contribution is 7.92. The molecule has 0 spiro atoms. The van der Waals surface area contributed by atoms with Crippen LogP contribution in [0.2, 0.25) is 5.02 Å². The van der Waals surface area contributed by atoms with Crippen LogP contribution in [0.3, 0.4) is 0 Å². The van der Waals surface area contributed by atoms with Gasteiger partial charge in [-0.25, -0.2) is 8.42 Å². The highest BCUT2D eigenvalue weighted by Crippen LogP contribution is 2.19. The lowest BCUT2D eigenvalue weighted by atomic mass is 10.1. The third kappa shape index (κ3) is 4.97. The van der Waals surface area contributed by atoms with Crippen LogP contribution >= 0.6 is 11.6 Å². The molecule has 1 amide bonds. The van der Waals surface area contributed by atoms with Crippen molar-refractivity contribution in [3.8, 4) is 0 Å². The molecule has 2 rings (SSSR count). The Hall–Kier alpha value is -2.05. The molecule has 0 atom stereocenters. The van der Waals surface area contributed by atoms with Crippen molar-refractivity contribution in [1.82, 2.24) is 5.32 Å². The molecule has 0 aliphatic carbocycles. The summed E-state index contributed by atoms with van der Waals surface area (Å²) in [5.74, 6) is -0.268. The fourth-order valence-electron chi connectivity index (χ4n) is 1.96. The lowest BCUT2D eigenvalue weighted by Crippen LogP contribution is -2.40. The molecule has 0 fully saturated rings. The minimum absolute atomic E-state index is 0.0939. The third-order valence-corrected chi connectivity index (χ3v) is 4.64. The zero-order valence-corrected chi connectivity index (χ0v) is 15.2. The molecule has 2 aromatic carbocycles. The Morgan fingerprint density at radius 2 is 1.67 bits per heavy atom. The number of halogens is 1. The maximum Gasteiger partial charge on any atom is 0.261 e. The molecule has 0 bridgehead atoms. The monoisotopic (exact) mass is 366 g/mol. The summed E-state index contributed by atoms with van der Waals surface area (Å²) in [4.78, 5) is 12.3. The van der Waals surface area contributed by atoms with Crippen molar-refractivity contribution in [2.24, 2.45) is 0 Å². The minimum Gasteiger partial charge on any atom is -0.347 e. The largest absolute Gasteiger partial charge is 0.347 e. The average molecular weight is 367 g/mol. The topological polar surface area (TPSA) is 75.3 Å². The number of carbonyl (C=O) groups is 1. The Bertz CT molecular complexity index is 841. The number of hydrogen-bond acceptors (Lipinski definition) is 3. The summed E-state index contributed by atoms with van der Waals surface area (Å²) < 4.78 is 27.2. The van der Waals surface area contributed by atoms with Crippen LogP contribution in [0.1, 0.15) is 31.1 Å². The Morgan fingerprint density at radius 1 is 1.04 bits per heavy atom. The van der Waals surface area contributed by atoms with Crippen molar-refractivity contribution in [2.45, 2.75) is 31.2 Å². The summed E-state index contributed by atoms with van der Waals surface area (Å²) in [7, 11) is -3.75. The van der Waals surface area contributed by atoms with E-state index in [9.17, 15) is 13.2 Å². The smallest absolute Gasteiger partial charge is 0.261 e. The van der Waals surface area contributed by atoms with Crippen LogP contribution in [0.15, 0.2) is 53.4 Å². The molecule has 0 unspecified atom stereocenters. The molecule has 0 radical (unpaired) electrons. The van der Waals surface area contributed by atoms with E-state index < -0.39 is 10.0 Å². The van der Waals surface area contributed by atoms with Gasteiger partial charge in [0.15, 0.2) is 0 Å². The number of anilines is 1. The number of benzene rings is 2. The van der Waals surface area contributed by atoms with Crippen LogP contribution < -0.4 is 10.0 Å². The summed E-state index contributed by atoms with van der Waals surface area (Å²) in [6.07, 6.45) is 0. The van der Waals surface area contributed by atoms with Gasteiger partial charge < -0.3 is 5.32 Å². The minimum atomic E-state index is -3.75. The van der Waals surface area contributed by atoms with Gasteiger partial charge in [0, 0.05) is 21.8 Å².